The summed E-state index contributed by atoms with van der Waals surface area (Å²) in [6, 6.07) is 16.2. The SMILES string of the molecule is O=S(O)c1ccc(CNC2CCc3ccccc32)cc1. The van der Waals surface area contributed by atoms with Crippen molar-refractivity contribution in [1.82, 2.24) is 5.32 Å². The fourth-order valence-corrected chi connectivity index (χ4v) is 3.10. The Morgan fingerprint density at radius 1 is 1.15 bits per heavy atom. The van der Waals surface area contributed by atoms with Crippen molar-refractivity contribution in [3.8, 4) is 0 Å². The molecule has 2 aromatic carbocycles. The summed E-state index contributed by atoms with van der Waals surface area (Å²) in [5.41, 5.74) is 3.97. The third-order valence-electron chi connectivity index (χ3n) is 3.81. The van der Waals surface area contributed by atoms with Crippen LogP contribution in [0.15, 0.2) is 53.4 Å². The first-order valence-corrected chi connectivity index (χ1v) is 7.86. The van der Waals surface area contributed by atoms with Crippen LogP contribution < -0.4 is 5.32 Å². The molecule has 0 saturated carbocycles. The number of hydrogen-bond acceptors (Lipinski definition) is 2. The second kappa shape index (κ2) is 5.87. The summed E-state index contributed by atoms with van der Waals surface area (Å²) in [5.74, 6) is 0. The highest BCUT2D eigenvalue weighted by Gasteiger charge is 2.20. The minimum absolute atomic E-state index is 0.415. The maximum Gasteiger partial charge on any atom is 0.186 e. The van der Waals surface area contributed by atoms with Crippen molar-refractivity contribution >= 4 is 11.1 Å². The lowest BCUT2D eigenvalue weighted by molar-refractivity contribution is 0.530. The van der Waals surface area contributed by atoms with Crippen molar-refractivity contribution in [2.24, 2.45) is 0 Å². The maximum atomic E-state index is 10.9. The minimum atomic E-state index is -1.89. The van der Waals surface area contributed by atoms with E-state index >= 15 is 0 Å². The Kier molecular flexibility index (Phi) is 3.96. The summed E-state index contributed by atoms with van der Waals surface area (Å²) in [4.78, 5) is 0.444. The molecule has 0 aliphatic heterocycles. The van der Waals surface area contributed by atoms with Gasteiger partial charge in [0.25, 0.3) is 0 Å². The first-order valence-electron chi connectivity index (χ1n) is 6.75. The Labute approximate surface area is 121 Å². The van der Waals surface area contributed by atoms with Crippen LogP contribution in [0.25, 0.3) is 0 Å². The second-order valence-corrected chi connectivity index (χ2v) is 6.03. The lowest BCUT2D eigenvalue weighted by atomic mass is 10.1. The third-order valence-corrected chi connectivity index (χ3v) is 4.49. The lowest BCUT2D eigenvalue weighted by Crippen LogP contribution is -2.18. The van der Waals surface area contributed by atoms with Gasteiger partial charge in [-0.15, -0.1) is 0 Å². The molecule has 0 heterocycles. The quantitative estimate of drug-likeness (QED) is 0.850. The molecule has 2 aromatic rings. The van der Waals surface area contributed by atoms with Crippen LogP contribution in [0.4, 0.5) is 0 Å². The van der Waals surface area contributed by atoms with E-state index in [1.165, 1.54) is 11.1 Å². The molecular formula is C16H17NO2S. The fourth-order valence-electron chi connectivity index (χ4n) is 2.73. The van der Waals surface area contributed by atoms with Gasteiger partial charge >= 0.3 is 0 Å². The van der Waals surface area contributed by atoms with E-state index in [0.29, 0.717) is 10.9 Å². The van der Waals surface area contributed by atoms with Crippen LogP contribution in [0.5, 0.6) is 0 Å². The Hall–Kier alpha value is -1.49. The first kappa shape index (κ1) is 13.5. The minimum Gasteiger partial charge on any atom is -0.306 e. The first-order chi connectivity index (χ1) is 9.74. The van der Waals surface area contributed by atoms with E-state index in [1.54, 1.807) is 12.1 Å². The molecule has 0 amide bonds. The highest BCUT2D eigenvalue weighted by atomic mass is 32.2. The molecular weight excluding hydrogens is 270 g/mol. The predicted octanol–water partition coefficient (Wildman–Crippen LogP) is 3.04. The highest BCUT2D eigenvalue weighted by molar-refractivity contribution is 7.79. The number of aryl methyl sites for hydroxylation is 1. The molecule has 3 nitrogen and oxygen atoms in total. The van der Waals surface area contributed by atoms with E-state index < -0.39 is 11.1 Å². The molecule has 2 unspecified atom stereocenters. The van der Waals surface area contributed by atoms with Gasteiger partial charge in [-0.05, 0) is 41.7 Å². The zero-order chi connectivity index (χ0) is 13.9. The Morgan fingerprint density at radius 2 is 1.90 bits per heavy atom. The van der Waals surface area contributed by atoms with Crippen molar-refractivity contribution in [1.29, 1.82) is 0 Å². The van der Waals surface area contributed by atoms with Crippen molar-refractivity contribution in [3.63, 3.8) is 0 Å². The Morgan fingerprint density at radius 3 is 2.65 bits per heavy atom. The molecule has 0 spiro atoms. The molecule has 3 rings (SSSR count). The molecule has 20 heavy (non-hydrogen) atoms. The zero-order valence-electron chi connectivity index (χ0n) is 11.1. The molecule has 104 valence electrons. The van der Waals surface area contributed by atoms with Gasteiger partial charge < -0.3 is 9.87 Å². The normalized spacial score (nSPS) is 18.8. The second-order valence-electron chi connectivity index (χ2n) is 5.06. The molecule has 0 radical (unpaired) electrons. The molecule has 1 aliphatic carbocycles. The van der Waals surface area contributed by atoms with Crippen LogP contribution in [-0.4, -0.2) is 8.76 Å². The van der Waals surface area contributed by atoms with Gasteiger partial charge in [0, 0.05) is 12.6 Å². The van der Waals surface area contributed by atoms with Crippen molar-refractivity contribution < 1.29 is 8.76 Å². The number of nitrogens with one attached hydrogen (secondary N) is 1. The topological polar surface area (TPSA) is 49.3 Å². The fraction of sp³-hybridized carbons (Fsp3) is 0.250. The molecule has 2 atom stereocenters. The van der Waals surface area contributed by atoms with Gasteiger partial charge in [0.05, 0.1) is 4.90 Å². The number of rotatable bonds is 4. The highest BCUT2D eigenvalue weighted by Crippen LogP contribution is 2.30. The van der Waals surface area contributed by atoms with Crippen LogP contribution in [0.1, 0.15) is 29.2 Å². The van der Waals surface area contributed by atoms with E-state index in [2.05, 4.69) is 29.6 Å². The molecule has 4 heteroatoms. The van der Waals surface area contributed by atoms with Gasteiger partial charge in [-0.25, -0.2) is 4.21 Å². The third kappa shape index (κ3) is 2.82. The van der Waals surface area contributed by atoms with E-state index in [0.717, 1.165) is 24.9 Å². The van der Waals surface area contributed by atoms with Crippen molar-refractivity contribution in [3.05, 3.63) is 65.2 Å². The van der Waals surface area contributed by atoms with Crippen LogP contribution in [0.2, 0.25) is 0 Å². The number of benzene rings is 2. The van der Waals surface area contributed by atoms with Crippen LogP contribution in [-0.2, 0) is 24.0 Å². The molecule has 1 aliphatic rings. The number of fused-ring (bicyclic) bond motifs is 1. The Balaban J connectivity index is 1.64. The monoisotopic (exact) mass is 287 g/mol. The number of hydrogen-bond donors (Lipinski definition) is 2. The largest absolute Gasteiger partial charge is 0.306 e. The van der Waals surface area contributed by atoms with Gasteiger partial charge in [0.15, 0.2) is 11.1 Å². The van der Waals surface area contributed by atoms with Crippen LogP contribution >= 0.6 is 0 Å². The van der Waals surface area contributed by atoms with Gasteiger partial charge in [-0.2, -0.15) is 0 Å². The van der Waals surface area contributed by atoms with Crippen LogP contribution in [0, 0.1) is 0 Å². The summed E-state index contributed by atoms with van der Waals surface area (Å²) in [6.45, 7) is 0.775. The molecule has 0 aromatic heterocycles. The lowest BCUT2D eigenvalue weighted by Gasteiger charge is -2.14. The van der Waals surface area contributed by atoms with E-state index in [9.17, 15) is 4.21 Å². The van der Waals surface area contributed by atoms with E-state index in [-0.39, 0.29) is 0 Å². The Bertz CT molecular complexity index is 625. The predicted molar refractivity (Wildman–Crippen MR) is 79.8 cm³/mol. The molecule has 0 saturated heterocycles. The van der Waals surface area contributed by atoms with Crippen molar-refractivity contribution in [2.75, 3.05) is 0 Å². The maximum absolute atomic E-state index is 10.9. The van der Waals surface area contributed by atoms with Gasteiger partial charge in [0.1, 0.15) is 0 Å². The van der Waals surface area contributed by atoms with E-state index in [4.69, 9.17) is 4.55 Å². The van der Waals surface area contributed by atoms with Crippen LogP contribution in [0.3, 0.4) is 0 Å². The summed E-state index contributed by atoms with van der Waals surface area (Å²) in [7, 11) is 0. The van der Waals surface area contributed by atoms with E-state index in [1.807, 2.05) is 12.1 Å². The molecule has 0 bridgehead atoms. The zero-order valence-corrected chi connectivity index (χ0v) is 11.9. The summed E-state index contributed by atoms with van der Waals surface area (Å²) >= 11 is -1.89. The standard InChI is InChI=1S/C16H17NO2S/c18-20(19)14-8-5-12(6-9-14)11-17-16-10-7-13-3-1-2-4-15(13)16/h1-6,8-9,16-17H,7,10-11H2,(H,18,19). The summed E-state index contributed by atoms with van der Waals surface area (Å²) in [6.07, 6.45) is 2.27. The van der Waals surface area contributed by atoms with Gasteiger partial charge in [-0.3, -0.25) is 0 Å². The smallest absolute Gasteiger partial charge is 0.186 e. The van der Waals surface area contributed by atoms with Crippen molar-refractivity contribution in [2.45, 2.75) is 30.3 Å². The molecule has 2 N–H and O–H groups in total. The average Bonchev–Trinajstić information content (AvgIpc) is 2.89. The average molecular weight is 287 g/mol. The summed E-state index contributed by atoms with van der Waals surface area (Å²) in [5, 5.41) is 3.56. The molecule has 0 fully saturated rings. The van der Waals surface area contributed by atoms with Gasteiger partial charge in [0.2, 0.25) is 0 Å². The summed E-state index contributed by atoms with van der Waals surface area (Å²) < 4.78 is 19.9. The van der Waals surface area contributed by atoms with Gasteiger partial charge in [-0.1, -0.05) is 36.4 Å².